The zero-order valence-electron chi connectivity index (χ0n) is 14.1. The molecule has 0 saturated carbocycles. The number of halogens is 2. The van der Waals surface area contributed by atoms with Crippen LogP contribution in [0, 0.1) is 10.1 Å². The number of ether oxygens (including phenoxy) is 3. The normalized spacial score (nSPS) is 12.2. The number of nitrogens with zero attached hydrogens (tertiary/aromatic N) is 1. The molecule has 0 bridgehead atoms. The van der Waals surface area contributed by atoms with E-state index in [0.717, 1.165) is 10.5 Å². The van der Waals surface area contributed by atoms with Crippen LogP contribution in [0.5, 0.6) is 11.5 Å². The fourth-order valence-electron chi connectivity index (χ4n) is 2.38. The molecule has 1 aliphatic rings. The first-order valence-electron chi connectivity index (χ1n) is 7.85. The number of benzene rings is 2. The van der Waals surface area contributed by atoms with Crippen LogP contribution in [-0.4, -0.2) is 36.6 Å². The van der Waals surface area contributed by atoms with Gasteiger partial charge in [-0.3, -0.25) is 14.9 Å². The average molecular weight is 472 g/mol. The predicted molar refractivity (Wildman–Crippen MR) is 102 cm³/mol. The number of esters is 1. The number of nitro groups is 1. The number of hydrogen-bond acceptors (Lipinski definition) is 7. The number of rotatable bonds is 5. The van der Waals surface area contributed by atoms with Crippen molar-refractivity contribution < 1.29 is 28.7 Å². The van der Waals surface area contributed by atoms with Crippen molar-refractivity contribution in [1.29, 1.82) is 0 Å². The van der Waals surface area contributed by atoms with Crippen LogP contribution < -0.4 is 14.8 Å². The standard InChI is InChI=1S/C17H12BrClN2O7/c18-9-1-2-12(11(19)5-9)20-16(22)8-28-17(23)10-6-14-15(27-4-3-26-14)7-13(10)21(24)25/h1-2,5-7H,3-4,8H2,(H,20,22). The van der Waals surface area contributed by atoms with Crippen molar-refractivity contribution in [3.63, 3.8) is 0 Å². The van der Waals surface area contributed by atoms with E-state index in [1.54, 1.807) is 18.2 Å². The van der Waals surface area contributed by atoms with Crippen molar-refractivity contribution in [1.82, 2.24) is 0 Å². The second-order valence-electron chi connectivity index (χ2n) is 5.52. The molecular weight excluding hydrogens is 460 g/mol. The number of carbonyl (C=O) groups is 2. The molecule has 1 amide bonds. The van der Waals surface area contributed by atoms with E-state index in [9.17, 15) is 19.7 Å². The summed E-state index contributed by atoms with van der Waals surface area (Å²) < 4.78 is 16.2. The lowest BCUT2D eigenvalue weighted by Gasteiger charge is -2.18. The van der Waals surface area contributed by atoms with Gasteiger partial charge in [-0.2, -0.15) is 0 Å². The van der Waals surface area contributed by atoms with Gasteiger partial charge in [0.15, 0.2) is 18.1 Å². The number of hydrogen-bond donors (Lipinski definition) is 1. The highest BCUT2D eigenvalue weighted by Crippen LogP contribution is 2.36. The van der Waals surface area contributed by atoms with Crippen molar-refractivity contribution in [2.75, 3.05) is 25.1 Å². The molecule has 9 nitrogen and oxygen atoms in total. The van der Waals surface area contributed by atoms with Crippen LogP contribution in [0.1, 0.15) is 10.4 Å². The molecule has 0 aromatic heterocycles. The van der Waals surface area contributed by atoms with E-state index in [1.807, 2.05) is 0 Å². The van der Waals surface area contributed by atoms with Gasteiger partial charge in [0.25, 0.3) is 11.6 Å². The number of anilines is 1. The highest BCUT2D eigenvalue weighted by molar-refractivity contribution is 9.10. The Kier molecular flexibility index (Phi) is 6.00. The Balaban J connectivity index is 1.70. The van der Waals surface area contributed by atoms with Gasteiger partial charge < -0.3 is 19.5 Å². The summed E-state index contributed by atoms with van der Waals surface area (Å²) in [6.07, 6.45) is 0. The molecule has 0 saturated heterocycles. The molecular formula is C17H12BrClN2O7. The molecule has 2 aromatic rings. The van der Waals surface area contributed by atoms with Gasteiger partial charge in [-0.25, -0.2) is 4.79 Å². The molecule has 146 valence electrons. The number of fused-ring (bicyclic) bond motifs is 1. The van der Waals surface area contributed by atoms with Crippen LogP contribution in [0.25, 0.3) is 0 Å². The monoisotopic (exact) mass is 470 g/mol. The minimum absolute atomic E-state index is 0.164. The third-order valence-electron chi connectivity index (χ3n) is 3.62. The third kappa shape index (κ3) is 4.52. The number of amides is 1. The number of nitro benzene ring substituents is 1. The van der Waals surface area contributed by atoms with Crippen LogP contribution in [0.2, 0.25) is 5.02 Å². The predicted octanol–water partition coefficient (Wildman–Crippen LogP) is 3.58. The van der Waals surface area contributed by atoms with Crippen molar-refractivity contribution in [3.8, 4) is 11.5 Å². The van der Waals surface area contributed by atoms with E-state index in [4.69, 9.17) is 25.8 Å². The lowest BCUT2D eigenvalue weighted by Crippen LogP contribution is -2.22. The Hall–Kier alpha value is -2.85. The molecule has 28 heavy (non-hydrogen) atoms. The molecule has 2 aromatic carbocycles. The highest BCUT2D eigenvalue weighted by Gasteiger charge is 2.27. The summed E-state index contributed by atoms with van der Waals surface area (Å²) in [6, 6.07) is 7.08. The Labute approximate surface area is 171 Å². The maximum atomic E-state index is 12.3. The summed E-state index contributed by atoms with van der Waals surface area (Å²) in [6.45, 7) is -0.167. The third-order valence-corrected chi connectivity index (χ3v) is 4.42. The molecule has 3 rings (SSSR count). The van der Waals surface area contributed by atoms with Gasteiger partial charge >= 0.3 is 5.97 Å². The fraction of sp³-hybridized carbons (Fsp3) is 0.176. The quantitative estimate of drug-likeness (QED) is 0.402. The average Bonchev–Trinajstić information content (AvgIpc) is 2.67. The van der Waals surface area contributed by atoms with Gasteiger partial charge in [0.2, 0.25) is 0 Å². The van der Waals surface area contributed by atoms with Gasteiger partial charge in [-0.1, -0.05) is 27.5 Å². The van der Waals surface area contributed by atoms with E-state index in [0.29, 0.717) is 5.69 Å². The second-order valence-corrected chi connectivity index (χ2v) is 6.84. The van der Waals surface area contributed by atoms with Gasteiger partial charge in [0, 0.05) is 10.5 Å². The van der Waals surface area contributed by atoms with Crippen molar-refractivity contribution in [2.45, 2.75) is 0 Å². The Bertz CT molecular complexity index is 967. The first-order chi connectivity index (χ1) is 13.3. The van der Waals surface area contributed by atoms with Crippen molar-refractivity contribution in [3.05, 3.63) is 55.5 Å². The minimum Gasteiger partial charge on any atom is -0.486 e. The van der Waals surface area contributed by atoms with Gasteiger partial charge in [0.1, 0.15) is 18.8 Å². The van der Waals surface area contributed by atoms with E-state index in [1.165, 1.54) is 6.07 Å². The van der Waals surface area contributed by atoms with Crippen molar-refractivity contribution >= 4 is 50.8 Å². The number of carbonyl (C=O) groups excluding carboxylic acids is 2. The van der Waals surface area contributed by atoms with Crippen LogP contribution in [0.4, 0.5) is 11.4 Å². The highest BCUT2D eigenvalue weighted by atomic mass is 79.9. The maximum Gasteiger partial charge on any atom is 0.345 e. The summed E-state index contributed by atoms with van der Waals surface area (Å²) in [5.41, 5.74) is -0.523. The van der Waals surface area contributed by atoms with E-state index < -0.39 is 29.1 Å². The summed E-state index contributed by atoms with van der Waals surface area (Å²) in [7, 11) is 0. The Morgan fingerprint density at radius 1 is 1.21 bits per heavy atom. The van der Waals surface area contributed by atoms with Crippen LogP contribution >= 0.6 is 27.5 Å². The smallest absolute Gasteiger partial charge is 0.345 e. The molecule has 0 radical (unpaired) electrons. The van der Waals surface area contributed by atoms with Crippen LogP contribution in [0.15, 0.2) is 34.8 Å². The molecule has 1 heterocycles. The Morgan fingerprint density at radius 3 is 2.54 bits per heavy atom. The molecule has 1 N–H and O–H groups in total. The first kappa shape index (κ1) is 19.9. The lowest BCUT2D eigenvalue weighted by molar-refractivity contribution is -0.385. The zero-order valence-corrected chi connectivity index (χ0v) is 16.4. The van der Waals surface area contributed by atoms with E-state index in [-0.39, 0.29) is 35.3 Å². The topological polar surface area (TPSA) is 117 Å². The molecule has 0 atom stereocenters. The van der Waals surface area contributed by atoms with Crippen molar-refractivity contribution in [2.24, 2.45) is 0 Å². The fourth-order valence-corrected chi connectivity index (χ4v) is 3.10. The van der Waals surface area contributed by atoms with E-state index >= 15 is 0 Å². The van der Waals surface area contributed by atoms with Crippen LogP contribution in [0.3, 0.4) is 0 Å². The summed E-state index contributed by atoms with van der Waals surface area (Å²) in [5, 5.41) is 14.0. The molecule has 0 aliphatic carbocycles. The minimum atomic E-state index is -1.04. The molecule has 0 spiro atoms. The molecule has 0 fully saturated rings. The first-order valence-corrected chi connectivity index (χ1v) is 9.02. The Morgan fingerprint density at radius 2 is 1.89 bits per heavy atom. The number of nitrogens with one attached hydrogen (secondary N) is 1. The second kappa shape index (κ2) is 8.44. The maximum absolute atomic E-state index is 12.3. The zero-order chi connectivity index (χ0) is 20.3. The molecule has 11 heteroatoms. The van der Waals surface area contributed by atoms with Crippen LogP contribution in [-0.2, 0) is 9.53 Å². The summed E-state index contributed by atoms with van der Waals surface area (Å²) in [5.74, 6) is -1.34. The van der Waals surface area contributed by atoms with E-state index in [2.05, 4.69) is 21.2 Å². The SMILES string of the molecule is O=C(COC(=O)c1cc2c(cc1[N+](=O)[O-])OCCO2)Nc1ccc(Br)cc1Cl. The summed E-state index contributed by atoms with van der Waals surface area (Å²) in [4.78, 5) is 34.8. The lowest BCUT2D eigenvalue weighted by atomic mass is 10.1. The molecule has 1 aliphatic heterocycles. The van der Waals surface area contributed by atoms with Gasteiger partial charge in [0.05, 0.1) is 21.7 Å². The summed E-state index contributed by atoms with van der Waals surface area (Å²) >= 11 is 9.24. The largest absolute Gasteiger partial charge is 0.486 e. The molecule has 0 unspecified atom stereocenters. The van der Waals surface area contributed by atoms with Gasteiger partial charge in [-0.15, -0.1) is 0 Å². The van der Waals surface area contributed by atoms with Gasteiger partial charge in [-0.05, 0) is 18.2 Å².